The van der Waals surface area contributed by atoms with Gasteiger partial charge in [-0.15, -0.1) is 0 Å². The minimum Gasteiger partial charge on any atom is -0.430 e. The van der Waals surface area contributed by atoms with Crippen LogP contribution in [0, 0.1) is 6.92 Å². The zero-order chi connectivity index (χ0) is 20.1. The van der Waals surface area contributed by atoms with Crippen molar-refractivity contribution in [3.8, 4) is 5.75 Å². The van der Waals surface area contributed by atoms with Crippen molar-refractivity contribution in [2.24, 2.45) is 5.73 Å². The van der Waals surface area contributed by atoms with Gasteiger partial charge < -0.3 is 20.1 Å². The third-order valence-corrected chi connectivity index (χ3v) is 4.74. The van der Waals surface area contributed by atoms with E-state index in [9.17, 15) is 9.59 Å². The molecule has 0 spiro atoms. The molecule has 1 amide bonds. The fourth-order valence-corrected chi connectivity index (χ4v) is 3.31. The van der Waals surface area contributed by atoms with Crippen LogP contribution in [-0.4, -0.2) is 31.3 Å². The lowest BCUT2D eigenvalue weighted by Crippen LogP contribution is -2.44. The molecule has 6 nitrogen and oxygen atoms in total. The summed E-state index contributed by atoms with van der Waals surface area (Å²) in [5.74, 6) is 0.293. The highest BCUT2D eigenvalue weighted by Crippen LogP contribution is 2.28. The van der Waals surface area contributed by atoms with E-state index in [0.29, 0.717) is 18.7 Å². The molecule has 0 saturated heterocycles. The molecular formula is C22H24N2O4. The van der Waals surface area contributed by atoms with E-state index >= 15 is 0 Å². The molecule has 2 aromatic carbocycles. The molecule has 28 heavy (non-hydrogen) atoms. The van der Waals surface area contributed by atoms with Gasteiger partial charge in [0.15, 0.2) is 0 Å². The highest BCUT2D eigenvalue weighted by atomic mass is 16.7. The Morgan fingerprint density at radius 2 is 2.07 bits per heavy atom. The van der Waals surface area contributed by atoms with Gasteiger partial charge in [0.2, 0.25) is 5.91 Å². The van der Waals surface area contributed by atoms with Crippen LogP contribution in [0.5, 0.6) is 5.75 Å². The maximum absolute atomic E-state index is 12.8. The normalized spacial score (nSPS) is 13.6. The first-order chi connectivity index (χ1) is 13.5. The van der Waals surface area contributed by atoms with Gasteiger partial charge in [-0.1, -0.05) is 36.9 Å². The van der Waals surface area contributed by atoms with E-state index in [1.807, 2.05) is 37.3 Å². The average molecular weight is 380 g/mol. The Kier molecular flexibility index (Phi) is 6.11. The monoisotopic (exact) mass is 380 g/mol. The maximum atomic E-state index is 12.8. The number of hydrogen-bond acceptors (Lipinski definition) is 5. The molecule has 1 atom stereocenters. The number of anilines is 1. The molecule has 3 rings (SSSR count). The Hall–Kier alpha value is -3.12. The highest BCUT2D eigenvalue weighted by Gasteiger charge is 2.28. The number of fused-ring (bicyclic) bond motifs is 1. The number of nitrogens with zero attached hydrogens (tertiary/aromatic N) is 1. The Morgan fingerprint density at radius 1 is 1.29 bits per heavy atom. The standard InChI is InChI=1S/C22H24N2O4/c1-3-12-27-22(26)28-18-9-8-17(15(2)13-18)14-19(23)21(25)24-11-10-16-6-4-5-7-20(16)24/h3-9,13,19H,1,10-12,14,23H2,2H3/t19-/m0/s1. The van der Waals surface area contributed by atoms with Crippen LogP contribution in [0.15, 0.2) is 55.1 Å². The number of nitrogens with two attached hydrogens (primary N) is 1. The highest BCUT2D eigenvalue weighted by molar-refractivity contribution is 5.99. The van der Waals surface area contributed by atoms with Crippen LogP contribution in [0.4, 0.5) is 10.5 Å². The second-order valence-electron chi connectivity index (χ2n) is 6.72. The zero-order valence-electron chi connectivity index (χ0n) is 15.9. The first-order valence-corrected chi connectivity index (χ1v) is 9.19. The van der Waals surface area contributed by atoms with Crippen LogP contribution in [0.2, 0.25) is 0 Å². The molecule has 1 aliphatic heterocycles. The van der Waals surface area contributed by atoms with Gasteiger partial charge in [0.1, 0.15) is 12.4 Å². The molecule has 0 saturated carbocycles. The van der Waals surface area contributed by atoms with E-state index in [1.165, 1.54) is 11.6 Å². The third kappa shape index (κ3) is 4.40. The summed E-state index contributed by atoms with van der Waals surface area (Å²) in [6, 6.07) is 12.5. The van der Waals surface area contributed by atoms with Gasteiger partial charge in [0.05, 0.1) is 6.04 Å². The number of hydrogen-bond donors (Lipinski definition) is 1. The first kappa shape index (κ1) is 19.6. The number of para-hydroxylation sites is 1. The molecule has 1 aliphatic rings. The maximum Gasteiger partial charge on any atom is 0.514 e. The molecule has 146 valence electrons. The summed E-state index contributed by atoms with van der Waals surface area (Å²) in [4.78, 5) is 26.1. The van der Waals surface area contributed by atoms with Gasteiger partial charge >= 0.3 is 6.16 Å². The zero-order valence-corrected chi connectivity index (χ0v) is 15.9. The summed E-state index contributed by atoms with van der Waals surface area (Å²) in [5.41, 5.74) is 10.2. The molecule has 0 bridgehead atoms. The van der Waals surface area contributed by atoms with Gasteiger partial charge in [0, 0.05) is 12.2 Å². The number of carbonyl (C=O) groups is 2. The van der Waals surface area contributed by atoms with E-state index in [-0.39, 0.29) is 12.5 Å². The van der Waals surface area contributed by atoms with Crippen molar-refractivity contribution < 1.29 is 19.1 Å². The van der Waals surface area contributed by atoms with Crippen LogP contribution in [0.1, 0.15) is 16.7 Å². The van der Waals surface area contributed by atoms with Gasteiger partial charge in [-0.3, -0.25) is 4.79 Å². The molecule has 1 heterocycles. The van der Waals surface area contributed by atoms with Crippen LogP contribution in [0.25, 0.3) is 0 Å². The number of amides is 1. The smallest absolute Gasteiger partial charge is 0.430 e. The SMILES string of the molecule is C=CCOC(=O)Oc1ccc(C[C@H](N)C(=O)N2CCc3ccccc32)c(C)c1. The fourth-order valence-electron chi connectivity index (χ4n) is 3.31. The molecule has 0 aliphatic carbocycles. The first-order valence-electron chi connectivity index (χ1n) is 9.19. The lowest BCUT2D eigenvalue weighted by Gasteiger charge is -2.22. The lowest BCUT2D eigenvalue weighted by atomic mass is 10.0. The predicted octanol–water partition coefficient (Wildman–Crippen LogP) is 3.16. The van der Waals surface area contributed by atoms with Crippen molar-refractivity contribution in [1.29, 1.82) is 0 Å². The summed E-state index contributed by atoms with van der Waals surface area (Å²) in [7, 11) is 0. The summed E-state index contributed by atoms with van der Waals surface area (Å²) in [6.07, 6.45) is 1.94. The fraction of sp³-hybridized carbons (Fsp3) is 0.273. The van der Waals surface area contributed by atoms with E-state index in [2.05, 4.69) is 6.58 Å². The van der Waals surface area contributed by atoms with Crippen LogP contribution >= 0.6 is 0 Å². The van der Waals surface area contributed by atoms with E-state index < -0.39 is 12.2 Å². The number of aryl methyl sites for hydroxylation is 1. The van der Waals surface area contributed by atoms with Crippen molar-refractivity contribution in [3.63, 3.8) is 0 Å². The van der Waals surface area contributed by atoms with Crippen LogP contribution < -0.4 is 15.4 Å². The van der Waals surface area contributed by atoms with Crippen molar-refractivity contribution in [1.82, 2.24) is 0 Å². The van der Waals surface area contributed by atoms with Crippen molar-refractivity contribution in [2.45, 2.75) is 25.8 Å². The number of carbonyl (C=O) groups excluding carboxylic acids is 2. The summed E-state index contributed by atoms with van der Waals surface area (Å²) in [5, 5.41) is 0. The quantitative estimate of drug-likeness (QED) is 0.473. The predicted molar refractivity (Wildman–Crippen MR) is 108 cm³/mol. The minimum atomic E-state index is -0.786. The van der Waals surface area contributed by atoms with Crippen molar-refractivity contribution in [3.05, 3.63) is 71.8 Å². The summed E-state index contributed by atoms with van der Waals surface area (Å²) >= 11 is 0. The molecule has 2 aromatic rings. The number of benzene rings is 2. The largest absolute Gasteiger partial charge is 0.514 e. The van der Waals surface area contributed by atoms with E-state index in [4.69, 9.17) is 15.2 Å². The van der Waals surface area contributed by atoms with Crippen molar-refractivity contribution in [2.75, 3.05) is 18.1 Å². The molecule has 0 unspecified atom stereocenters. The Morgan fingerprint density at radius 3 is 2.82 bits per heavy atom. The summed E-state index contributed by atoms with van der Waals surface area (Å²) in [6.45, 7) is 6.11. The molecule has 2 N–H and O–H groups in total. The van der Waals surface area contributed by atoms with Gasteiger partial charge in [0.25, 0.3) is 0 Å². The van der Waals surface area contributed by atoms with E-state index in [1.54, 1.807) is 17.0 Å². The van der Waals surface area contributed by atoms with Gasteiger partial charge in [-0.05, 0) is 54.7 Å². The van der Waals surface area contributed by atoms with Crippen LogP contribution in [0.3, 0.4) is 0 Å². The molecule has 6 heteroatoms. The third-order valence-electron chi connectivity index (χ3n) is 4.74. The number of ether oxygens (including phenoxy) is 2. The Balaban J connectivity index is 1.64. The Bertz CT molecular complexity index is 894. The van der Waals surface area contributed by atoms with E-state index in [0.717, 1.165) is 23.2 Å². The van der Waals surface area contributed by atoms with Crippen LogP contribution in [-0.2, 0) is 22.4 Å². The van der Waals surface area contributed by atoms with Gasteiger partial charge in [-0.2, -0.15) is 0 Å². The number of rotatable bonds is 6. The molecule has 0 aromatic heterocycles. The lowest BCUT2D eigenvalue weighted by molar-refractivity contribution is -0.119. The molecule has 0 radical (unpaired) electrons. The van der Waals surface area contributed by atoms with Gasteiger partial charge in [-0.25, -0.2) is 4.79 Å². The Labute approximate surface area is 164 Å². The second-order valence-corrected chi connectivity index (χ2v) is 6.72. The second kappa shape index (κ2) is 8.71. The topological polar surface area (TPSA) is 81.9 Å². The average Bonchev–Trinajstić information content (AvgIpc) is 3.12. The molecular weight excluding hydrogens is 356 g/mol. The van der Waals surface area contributed by atoms with Crippen molar-refractivity contribution >= 4 is 17.7 Å². The summed E-state index contributed by atoms with van der Waals surface area (Å²) < 4.78 is 9.91. The molecule has 0 fully saturated rings. The minimum absolute atomic E-state index is 0.0855.